The Morgan fingerprint density at radius 1 is 1.45 bits per heavy atom. The molecule has 1 saturated heterocycles. The number of amides is 1. The number of benzene rings is 1. The highest BCUT2D eigenvalue weighted by molar-refractivity contribution is 5.82. The highest BCUT2D eigenvalue weighted by atomic mass is 16.5. The van der Waals surface area contributed by atoms with E-state index in [1.165, 1.54) is 0 Å². The lowest BCUT2D eigenvalue weighted by Gasteiger charge is -2.28. The molecule has 1 atom stereocenters. The van der Waals surface area contributed by atoms with Crippen LogP contribution < -0.4 is 10.2 Å². The van der Waals surface area contributed by atoms with Gasteiger partial charge in [0.25, 0.3) is 0 Å². The summed E-state index contributed by atoms with van der Waals surface area (Å²) in [5, 5.41) is 12.6. The number of nitrogens with one attached hydrogen (secondary N) is 1. The standard InChI is InChI=1S/C14H18N2O4/c1-2-20-14(19)13(18)10-3-5-11(6-4-10)16-8-7-15-12(17)9-16/h3-6,13,18H,2,7-9H2,1H3,(H,15,17). The molecular weight excluding hydrogens is 260 g/mol. The fraction of sp³-hybridized carbons (Fsp3) is 0.429. The number of aliphatic hydroxyl groups excluding tert-OH is 1. The molecule has 1 aliphatic rings. The van der Waals surface area contributed by atoms with Crippen LogP contribution >= 0.6 is 0 Å². The van der Waals surface area contributed by atoms with Gasteiger partial charge in [0.2, 0.25) is 5.91 Å². The molecule has 1 aliphatic heterocycles. The molecule has 1 aromatic carbocycles. The fourth-order valence-corrected chi connectivity index (χ4v) is 2.08. The van der Waals surface area contributed by atoms with Crippen molar-refractivity contribution in [1.82, 2.24) is 5.32 Å². The van der Waals surface area contributed by atoms with E-state index in [0.717, 1.165) is 12.2 Å². The van der Waals surface area contributed by atoms with Crippen LogP contribution in [0.1, 0.15) is 18.6 Å². The van der Waals surface area contributed by atoms with Crippen LogP contribution in [-0.4, -0.2) is 43.2 Å². The second kappa shape index (κ2) is 6.38. The van der Waals surface area contributed by atoms with Gasteiger partial charge in [0, 0.05) is 18.8 Å². The number of anilines is 1. The molecule has 0 bridgehead atoms. The molecule has 0 aliphatic carbocycles. The van der Waals surface area contributed by atoms with E-state index in [9.17, 15) is 14.7 Å². The number of rotatable bonds is 4. The molecule has 0 radical (unpaired) electrons. The topological polar surface area (TPSA) is 78.9 Å². The average molecular weight is 278 g/mol. The Bertz CT molecular complexity index is 486. The number of nitrogens with zero attached hydrogens (tertiary/aromatic N) is 1. The molecule has 1 amide bonds. The maximum Gasteiger partial charge on any atom is 0.339 e. The molecule has 1 heterocycles. The van der Waals surface area contributed by atoms with Crippen LogP contribution in [0.15, 0.2) is 24.3 Å². The second-order valence-corrected chi connectivity index (χ2v) is 4.52. The highest BCUT2D eigenvalue weighted by Crippen LogP contribution is 2.20. The van der Waals surface area contributed by atoms with Gasteiger partial charge in [0.05, 0.1) is 13.2 Å². The summed E-state index contributed by atoms with van der Waals surface area (Å²) in [4.78, 5) is 24.7. The maximum atomic E-state index is 11.4. The maximum absolute atomic E-state index is 11.4. The molecule has 108 valence electrons. The third-order valence-electron chi connectivity index (χ3n) is 3.12. The minimum Gasteiger partial charge on any atom is -0.464 e. The van der Waals surface area contributed by atoms with Gasteiger partial charge in [-0.15, -0.1) is 0 Å². The van der Waals surface area contributed by atoms with E-state index in [1.54, 1.807) is 31.2 Å². The fourth-order valence-electron chi connectivity index (χ4n) is 2.08. The van der Waals surface area contributed by atoms with Gasteiger partial charge in [-0.05, 0) is 24.6 Å². The lowest BCUT2D eigenvalue weighted by Crippen LogP contribution is -2.47. The zero-order valence-electron chi connectivity index (χ0n) is 11.3. The number of aliphatic hydroxyl groups is 1. The van der Waals surface area contributed by atoms with Crippen molar-refractivity contribution >= 4 is 17.6 Å². The number of esters is 1. The lowest BCUT2D eigenvalue weighted by molar-refractivity contribution is -0.153. The van der Waals surface area contributed by atoms with Crippen LogP contribution in [0.3, 0.4) is 0 Å². The second-order valence-electron chi connectivity index (χ2n) is 4.52. The van der Waals surface area contributed by atoms with Gasteiger partial charge in [-0.25, -0.2) is 4.79 Å². The van der Waals surface area contributed by atoms with E-state index in [0.29, 0.717) is 18.7 Å². The molecule has 0 aromatic heterocycles. The first-order valence-electron chi connectivity index (χ1n) is 6.58. The molecule has 6 nitrogen and oxygen atoms in total. The summed E-state index contributed by atoms with van der Waals surface area (Å²) >= 11 is 0. The summed E-state index contributed by atoms with van der Waals surface area (Å²) in [6.45, 7) is 3.60. The third kappa shape index (κ3) is 3.27. The summed E-state index contributed by atoms with van der Waals surface area (Å²) in [5.41, 5.74) is 1.37. The predicted molar refractivity (Wildman–Crippen MR) is 73.3 cm³/mol. The van der Waals surface area contributed by atoms with Gasteiger partial charge in [0.1, 0.15) is 0 Å². The first-order valence-corrected chi connectivity index (χ1v) is 6.58. The van der Waals surface area contributed by atoms with Crippen molar-refractivity contribution in [2.45, 2.75) is 13.0 Å². The smallest absolute Gasteiger partial charge is 0.339 e. The van der Waals surface area contributed by atoms with E-state index in [1.807, 2.05) is 4.90 Å². The van der Waals surface area contributed by atoms with Crippen molar-refractivity contribution in [3.05, 3.63) is 29.8 Å². The van der Waals surface area contributed by atoms with E-state index < -0.39 is 12.1 Å². The van der Waals surface area contributed by atoms with Gasteiger partial charge in [-0.1, -0.05) is 12.1 Å². The monoisotopic (exact) mass is 278 g/mol. The molecule has 1 unspecified atom stereocenters. The first-order chi connectivity index (χ1) is 9.61. The van der Waals surface area contributed by atoms with Crippen LogP contribution in [0.25, 0.3) is 0 Å². The predicted octanol–water partition coefficient (Wildman–Crippen LogP) is 0.219. The van der Waals surface area contributed by atoms with Gasteiger partial charge < -0.3 is 20.1 Å². The summed E-state index contributed by atoms with van der Waals surface area (Å²) in [6, 6.07) is 6.92. The van der Waals surface area contributed by atoms with Crippen molar-refractivity contribution in [3.63, 3.8) is 0 Å². The van der Waals surface area contributed by atoms with Crippen LogP contribution in [0.2, 0.25) is 0 Å². The summed E-state index contributed by atoms with van der Waals surface area (Å²) in [6.07, 6.45) is -1.27. The van der Waals surface area contributed by atoms with Crippen molar-refractivity contribution < 1.29 is 19.4 Å². The summed E-state index contributed by atoms with van der Waals surface area (Å²) < 4.78 is 4.77. The molecule has 1 fully saturated rings. The zero-order chi connectivity index (χ0) is 14.5. The van der Waals surface area contributed by atoms with Crippen molar-refractivity contribution in [2.75, 3.05) is 31.1 Å². The molecule has 1 aromatic rings. The SMILES string of the molecule is CCOC(=O)C(O)c1ccc(N2CCNC(=O)C2)cc1. The van der Waals surface area contributed by atoms with Gasteiger partial charge >= 0.3 is 5.97 Å². The van der Waals surface area contributed by atoms with Crippen LogP contribution in [-0.2, 0) is 14.3 Å². The quantitative estimate of drug-likeness (QED) is 0.770. The molecule has 6 heteroatoms. The Kier molecular flexibility index (Phi) is 4.57. The largest absolute Gasteiger partial charge is 0.464 e. The van der Waals surface area contributed by atoms with Gasteiger partial charge in [0.15, 0.2) is 6.10 Å². The third-order valence-corrected chi connectivity index (χ3v) is 3.12. The lowest BCUT2D eigenvalue weighted by atomic mass is 10.1. The molecule has 0 spiro atoms. The number of hydrogen-bond donors (Lipinski definition) is 2. The Hall–Kier alpha value is -2.08. The van der Waals surface area contributed by atoms with Crippen molar-refractivity contribution in [2.24, 2.45) is 0 Å². The zero-order valence-corrected chi connectivity index (χ0v) is 11.3. The average Bonchev–Trinajstić information content (AvgIpc) is 2.47. The van der Waals surface area contributed by atoms with Gasteiger partial charge in [-0.2, -0.15) is 0 Å². The number of carbonyl (C=O) groups is 2. The normalized spacial score (nSPS) is 16.5. The molecule has 20 heavy (non-hydrogen) atoms. The Balaban J connectivity index is 2.05. The van der Waals surface area contributed by atoms with Crippen molar-refractivity contribution in [1.29, 1.82) is 0 Å². The molecule has 0 saturated carbocycles. The van der Waals surface area contributed by atoms with Crippen LogP contribution in [0.4, 0.5) is 5.69 Å². The van der Waals surface area contributed by atoms with Crippen molar-refractivity contribution in [3.8, 4) is 0 Å². The van der Waals surface area contributed by atoms with E-state index in [-0.39, 0.29) is 12.5 Å². The van der Waals surface area contributed by atoms with E-state index in [4.69, 9.17) is 4.74 Å². The number of carbonyl (C=O) groups excluding carboxylic acids is 2. The first kappa shape index (κ1) is 14.3. The molecule has 2 rings (SSSR count). The Morgan fingerprint density at radius 2 is 2.15 bits per heavy atom. The Labute approximate surface area is 117 Å². The Morgan fingerprint density at radius 3 is 2.75 bits per heavy atom. The van der Waals surface area contributed by atoms with E-state index in [2.05, 4.69) is 5.32 Å². The van der Waals surface area contributed by atoms with E-state index >= 15 is 0 Å². The minimum absolute atomic E-state index is 0.00751. The summed E-state index contributed by atoms with van der Waals surface area (Å²) in [5.74, 6) is -0.663. The number of piperazine rings is 1. The highest BCUT2D eigenvalue weighted by Gasteiger charge is 2.20. The van der Waals surface area contributed by atoms with Gasteiger partial charge in [-0.3, -0.25) is 4.79 Å². The minimum atomic E-state index is -1.27. The van der Waals surface area contributed by atoms with Crippen LogP contribution in [0, 0.1) is 0 Å². The number of hydrogen-bond acceptors (Lipinski definition) is 5. The van der Waals surface area contributed by atoms with Crippen LogP contribution in [0.5, 0.6) is 0 Å². The number of ether oxygens (including phenoxy) is 1. The molecular formula is C14H18N2O4. The molecule has 2 N–H and O–H groups in total. The summed E-state index contributed by atoms with van der Waals surface area (Å²) in [7, 11) is 0.